The van der Waals surface area contributed by atoms with Crippen molar-refractivity contribution < 1.29 is 9.32 Å². The standard InChI is InChI=1S/C28H27Cl2N2O2PS/c1-2-34-35-19-32(36-23-17-21(29)16-22(30)18-23)27-13-7-10-24-25(27)11-6-12-26(24)28(33)31-15-14-20-8-4-3-5-9-20/h3-13,16-18,35H,2,14-15,19H2,1H3,(H,31,33). The maximum absolute atomic E-state index is 13.1. The van der Waals surface area contributed by atoms with E-state index in [1.165, 1.54) is 5.56 Å². The summed E-state index contributed by atoms with van der Waals surface area (Å²) in [6.07, 6.45) is 1.46. The molecule has 0 aliphatic heterocycles. The highest BCUT2D eigenvalue weighted by Gasteiger charge is 2.17. The van der Waals surface area contributed by atoms with E-state index in [1.807, 2.05) is 67.6 Å². The van der Waals surface area contributed by atoms with E-state index in [2.05, 4.69) is 27.8 Å². The van der Waals surface area contributed by atoms with Gasteiger partial charge < -0.3 is 14.1 Å². The fourth-order valence-corrected chi connectivity index (χ4v) is 6.38. The van der Waals surface area contributed by atoms with Crippen LogP contribution in [-0.4, -0.2) is 25.3 Å². The van der Waals surface area contributed by atoms with Gasteiger partial charge in [0.2, 0.25) is 0 Å². The molecule has 4 aromatic rings. The van der Waals surface area contributed by atoms with E-state index in [1.54, 1.807) is 18.0 Å². The molecule has 0 aliphatic carbocycles. The quantitative estimate of drug-likeness (QED) is 0.115. The highest BCUT2D eigenvalue weighted by molar-refractivity contribution is 8.00. The second kappa shape index (κ2) is 13.3. The first kappa shape index (κ1) is 26.8. The Bertz CT molecular complexity index is 1300. The summed E-state index contributed by atoms with van der Waals surface area (Å²) in [5, 5.41) is 6.15. The first-order valence-corrected chi connectivity index (χ1v) is 14.3. The molecule has 186 valence electrons. The van der Waals surface area contributed by atoms with Gasteiger partial charge in [-0.15, -0.1) is 0 Å². The summed E-state index contributed by atoms with van der Waals surface area (Å²) in [7, 11) is 0.294. The van der Waals surface area contributed by atoms with Crippen molar-refractivity contribution in [2.24, 2.45) is 0 Å². The second-order valence-corrected chi connectivity index (χ2v) is 10.8. The van der Waals surface area contributed by atoms with Crippen LogP contribution in [0.2, 0.25) is 10.0 Å². The van der Waals surface area contributed by atoms with Crippen LogP contribution in [0.25, 0.3) is 10.8 Å². The van der Waals surface area contributed by atoms with Gasteiger partial charge in [-0.1, -0.05) is 77.8 Å². The molecule has 0 aromatic heterocycles. The maximum atomic E-state index is 13.1. The Morgan fingerprint density at radius 2 is 1.67 bits per heavy atom. The molecule has 0 heterocycles. The average molecular weight is 557 g/mol. The van der Waals surface area contributed by atoms with Crippen molar-refractivity contribution >= 4 is 66.3 Å². The number of nitrogens with zero attached hydrogens (tertiary/aromatic N) is 1. The Morgan fingerprint density at radius 1 is 0.944 bits per heavy atom. The largest absolute Gasteiger partial charge is 0.361 e. The van der Waals surface area contributed by atoms with Gasteiger partial charge in [-0.25, -0.2) is 0 Å². The van der Waals surface area contributed by atoms with Gasteiger partial charge in [0.05, 0.1) is 12.0 Å². The monoisotopic (exact) mass is 556 g/mol. The summed E-state index contributed by atoms with van der Waals surface area (Å²) >= 11 is 14.1. The minimum absolute atomic E-state index is 0.0781. The fourth-order valence-electron chi connectivity index (χ4n) is 3.85. The summed E-state index contributed by atoms with van der Waals surface area (Å²) in [6, 6.07) is 27.6. The Balaban J connectivity index is 1.60. The molecule has 36 heavy (non-hydrogen) atoms. The lowest BCUT2D eigenvalue weighted by Crippen LogP contribution is -2.26. The van der Waals surface area contributed by atoms with Gasteiger partial charge in [-0.3, -0.25) is 4.79 Å². The van der Waals surface area contributed by atoms with Crippen molar-refractivity contribution in [3.63, 3.8) is 0 Å². The predicted molar refractivity (Wildman–Crippen MR) is 156 cm³/mol. The molecule has 4 aromatic carbocycles. The normalized spacial score (nSPS) is 11.3. The van der Waals surface area contributed by atoms with Crippen LogP contribution >= 0.6 is 44.0 Å². The highest BCUT2D eigenvalue weighted by Crippen LogP contribution is 2.39. The van der Waals surface area contributed by atoms with Gasteiger partial charge in [-0.05, 0) is 66.6 Å². The van der Waals surface area contributed by atoms with E-state index in [9.17, 15) is 4.79 Å². The minimum Gasteiger partial charge on any atom is -0.361 e. The number of carbonyl (C=O) groups excluding carboxylic acids is 1. The molecule has 1 atom stereocenters. The summed E-state index contributed by atoms with van der Waals surface area (Å²) in [5.74, 6) is -0.0781. The third kappa shape index (κ3) is 7.15. The Kier molecular flexibility index (Phi) is 9.91. The second-order valence-electron chi connectivity index (χ2n) is 7.98. The van der Waals surface area contributed by atoms with Crippen LogP contribution < -0.4 is 9.62 Å². The van der Waals surface area contributed by atoms with Gasteiger partial charge >= 0.3 is 0 Å². The summed E-state index contributed by atoms with van der Waals surface area (Å²) in [5.41, 5.74) is 2.85. The summed E-state index contributed by atoms with van der Waals surface area (Å²) < 4.78 is 7.86. The van der Waals surface area contributed by atoms with E-state index in [4.69, 9.17) is 27.7 Å². The van der Waals surface area contributed by atoms with Crippen LogP contribution in [0.4, 0.5) is 5.69 Å². The van der Waals surface area contributed by atoms with E-state index in [-0.39, 0.29) is 5.91 Å². The first-order valence-electron chi connectivity index (χ1n) is 11.6. The zero-order valence-corrected chi connectivity index (χ0v) is 23.2. The molecule has 1 N–H and O–H groups in total. The number of hydrogen-bond donors (Lipinski definition) is 1. The van der Waals surface area contributed by atoms with Crippen LogP contribution in [0.3, 0.4) is 0 Å². The van der Waals surface area contributed by atoms with Gasteiger partial charge in [-0.2, -0.15) is 0 Å². The Hall–Kier alpha value is -2.27. The number of anilines is 1. The van der Waals surface area contributed by atoms with E-state index in [0.717, 1.165) is 27.8 Å². The third-order valence-electron chi connectivity index (χ3n) is 5.46. The van der Waals surface area contributed by atoms with Crippen LogP contribution in [0.5, 0.6) is 0 Å². The van der Waals surface area contributed by atoms with Crippen molar-refractivity contribution in [3.8, 4) is 0 Å². The van der Waals surface area contributed by atoms with Crippen LogP contribution in [-0.2, 0) is 10.9 Å². The number of nitrogens with one attached hydrogen (secondary N) is 1. The molecular formula is C28H27Cl2N2O2PS. The first-order chi connectivity index (χ1) is 17.5. The Labute approximate surface area is 228 Å². The van der Waals surface area contributed by atoms with Crippen molar-refractivity contribution in [3.05, 3.63) is 106 Å². The summed E-state index contributed by atoms with van der Waals surface area (Å²) in [4.78, 5) is 14.1. The molecule has 4 nitrogen and oxygen atoms in total. The SMILES string of the molecule is CCOPCN(Sc1cc(Cl)cc(Cl)c1)c1cccc2c(C(=O)NCCc3ccccc3)cccc12. The third-order valence-corrected chi connectivity index (χ3v) is 8.06. The summed E-state index contributed by atoms with van der Waals surface area (Å²) in [6.45, 7) is 3.22. The van der Waals surface area contributed by atoms with Crippen LogP contribution in [0.1, 0.15) is 22.8 Å². The van der Waals surface area contributed by atoms with E-state index >= 15 is 0 Å². The molecule has 0 radical (unpaired) electrons. The lowest BCUT2D eigenvalue weighted by atomic mass is 10.0. The van der Waals surface area contributed by atoms with Gasteiger partial charge in [0.15, 0.2) is 0 Å². The zero-order valence-electron chi connectivity index (χ0n) is 19.8. The number of carbonyl (C=O) groups is 1. The van der Waals surface area contributed by atoms with Crippen LogP contribution in [0.15, 0.2) is 89.8 Å². The number of benzene rings is 4. The zero-order chi connectivity index (χ0) is 25.3. The van der Waals surface area contributed by atoms with E-state index in [0.29, 0.717) is 43.9 Å². The molecule has 0 saturated heterocycles. The lowest BCUT2D eigenvalue weighted by molar-refractivity contribution is 0.0956. The molecule has 0 aliphatic rings. The van der Waals surface area contributed by atoms with Gasteiger partial charge in [0, 0.05) is 47.8 Å². The van der Waals surface area contributed by atoms with Crippen molar-refractivity contribution in [1.29, 1.82) is 0 Å². The molecular weight excluding hydrogens is 530 g/mol. The molecule has 4 rings (SSSR count). The predicted octanol–water partition coefficient (Wildman–Crippen LogP) is 8.22. The fraction of sp³-hybridized carbons (Fsp3) is 0.179. The van der Waals surface area contributed by atoms with Crippen molar-refractivity contribution in [2.45, 2.75) is 18.2 Å². The smallest absolute Gasteiger partial charge is 0.251 e. The average Bonchev–Trinajstić information content (AvgIpc) is 2.87. The molecule has 8 heteroatoms. The molecule has 0 spiro atoms. The number of hydrogen-bond acceptors (Lipinski definition) is 4. The van der Waals surface area contributed by atoms with E-state index < -0.39 is 0 Å². The van der Waals surface area contributed by atoms with Crippen LogP contribution in [0, 0.1) is 0 Å². The maximum Gasteiger partial charge on any atom is 0.251 e. The Morgan fingerprint density at radius 3 is 2.42 bits per heavy atom. The molecule has 0 fully saturated rings. The topological polar surface area (TPSA) is 41.6 Å². The highest BCUT2D eigenvalue weighted by atomic mass is 35.5. The van der Waals surface area contributed by atoms with Crippen molar-refractivity contribution in [1.82, 2.24) is 5.32 Å². The molecule has 0 saturated carbocycles. The number of rotatable bonds is 11. The number of amides is 1. The lowest BCUT2D eigenvalue weighted by Gasteiger charge is -2.25. The molecule has 1 unspecified atom stereocenters. The molecule has 0 bridgehead atoms. The minimum atomic E-state index is -0.0781. The van der Waals surface area contributed by atoms with Gasteiger partial charge in [0.25, 0.3) is 5.91 Å². The molecule has 1 amide bonds. The number of halogens is 2. The van der Waals surface area contributed by atoms with Crippen molar-refractivity contribution in [2.75, 3.05) is 23.7 Å². The van der Waals surface area contributed by atoms with Gasteiger partial charge in [0.1, 0.15) is 0 Å². The number of fused-ring (bicyclic) bond motifs is 1.